The first-order valence-corrected chi connectivity index (χ1v) is 8.05. The summed E-state index contributed by atoms with van der Waals surface area (Å²) in [7, 11) is -3.47. The molecule has 1 amide bonds. The number of thiophene rings is 1. The first kappa shape index (κ1) is 13.2. The van der Waals surface area contributed by atoms with Crippen LogP contribution in [0.15, 0.2) is 4.90 Å². The normalized spacial score (nSPS) is 15.6. The van der Waals surface area contributed by atoms with Crippen molar-refractivity contribution in [3.8, 4) is 0 Å². The largest absolute Gasteiger partial charge is 0.396 e. The van der Waals surface area contributed by atoms with Gasteiger partial charge in [-0.2, -0.15) is 0 Å². The molecule has 0 bridgehead atoms. The topological polar surface area (TPSA) is 115 Å². The average Bonchev–Trinajstić information content (AvgIpc) is 3.02. The van der Waals surface area contributed by atoms with E-state index in [2.05, 4.69) is 5.32 Å². The summed E-state index contributed by atoms with van der Waals surface area (Å²) >= 11 is 1.01. The molecule has 0 atom stereocenters. The third-order valence-corrected chi connectivity index (χ3v) is 5.81. The Kier molecular flexibility index (Phi) is 3.24. The molecule has 0 aliphatic heterocycles. The number of carbonyl (C=O) groups excluding carboxylic acids is 1. The molecule has 5 N–H and O–H groups in total. The van der Waals surface area contributed by atoms with Gasteiger partial charge in [-0.05, 0) is 12.8 Å². The predicted molar refractivity (Wildman–Crippen MR) is 71.6 cm³/mol. The number of hydrogen-bond donors (Lipinski definition) is 3. The van der Waals surface area contributed by atoms with E-state index in [1.165, 1.54) is 6.92 Å². The summed E-state index contributed by atoms with van der Waals surface area (Å²) in [6.45, 7) is 1.54. The molecule has 1 aliphatic rings. The molecule has 8 heteroatoms. The van der Waals surface area contributed by atoms with E-state index in [0.29, 0.717) is 5.00 Å². The maximum absolute atomic E-state index is 12.0. The Balaban J connectivity index is 2.55. The number of sulfone groups is 1. The third kappa shape index (κ3) is 2.30. The van der Waals surface area contributed by atoms with Crippen LogP contribution >= 0.6 is 11.3 Å². The van der Waals surface area contributed by atoms with Crippen LogP contribution in [0, 0.1) is 0 Å². The average molecular weight is 289 g/mol. The van der Waals surface area contributed by atoms with Crippen molar-refractivity contribution in [2.75, 3.05) is 16.8 Å². The second kappa shape index (κ2) is 4.43. The molecule has 100 valence electrons. The molecule has 2 rings (SSSR count). The fourth-order valence-corrected chi connectivity index (χ4v) is 4.16. The van der Waals surface area contributed by atoms with E-state index < -0.39 is 15.7 Å². The first-order valence-electron chi connectivity index (χ1n) is 5.58. The smallest absolute Gasteiger partial charge is 0.261 e. The molecule has 1 heterocycles. The van der Waals surface area contributed by atoms with E-state index in [1.807, 2.05) is 0 Å². The van der Waals surface area contributed by atoms with Crippen LogP contribution in [0.1, 0.15) is 29.4 Å². The van der Waals surface area contributed by atoms with Crippen LogP contribution in [0.25, 0.3) is 0 Å². The van der Waals surface area contributed by atoms with Gasteiger partial charge in [0.15, 0.2) is 9.84 Å². The lowest BCUT2D eigenvalue weighted by atomic mass is 10.4. The highest BCUT2D eigenvalue weighted by atomic mass is 32.2. The monoisotopic (exact) mass is 289 g/mol. The van der Waals surface area contributed by atoms with Crippen molar-refractivity contribution in [1.29, 1.82) is 0 Å². The zero-order valence-corrected chi connectivity index (χ0v) is 11.5. The van der Waals surface area contributed by atoms with Crippen LogP contribution in [0.5, 0.6) is 0 Å². The van der Waals surface area contributed by atoms with Gasteiger partial charge in [0.1, 0.15) is 14.8 Å². The van der Waals surface area contributed by atoms with Gasteiger partial charge < -0.3 is 16.8 Å². The molecule has 0 unspecified atom stereocenters. The summed E-state index contributed by atoms with van der Waals surface area (Å²) < 4.78 is 24.0. The summed E-state index contributed by atoms with van der Waals surface area (Å²) in [5.41, 5.74) is 10.9. The number of hydrogen-bond acceptors (Lipinski definition) is 6. The number of primary amides is 1. The van der Waals surface area contributed by atoms with Crippen LogP contribution in [-0.4, -0.2) is 26.1 Å². The fraction of sp³-hybridized carbons (Fsp3) is 0.500. The van der Waals surface area contributed by atoms with Crippen molar-refractivity contribution in [2.24, 2.45) is 5.73 Å². The van der Waals surface area contributed by atoms with Crippen molar-refractivity contribution in [3.63, 3.8) is 0 Å². The lowest BCUT2D eigenvalue weighted by Crippen LogP contribution is -2.13. The SMILES string of the molecule is CCS(=O)(=O)c1c(NC2CC2)sc(C(N)=O)c1N. The van der Waals surface area contributed by atoms with Gasteiger partial charge in [-0.15, -0.1) is 11.3 Å². The summed E-state index contributed by atoms with van der Waals surface area (Å²) in [5, 5.41) is 3.53. The zero-order chi connectivity index (χ0) is 13.5. The minimum absolute atomic E-state index is 0.0238. The Bertz CT molecular complexity index is 588. The van der Waals surface area contributed by atoms with Gasteiger partial charge >= 0.3 is 0 Å². The molecular formula is C10H15N3O3S2. The molecular weight excluding hydrogens is 274 g/mol. The summed E-state index contributed by atoms with van der Waals surface area (Å²) in [4.78, 5) is 11.4. The number of nitrogen functional groups attached to an aromatic ring is 1. The maximum atomic E-state index is 12.0. The van der Waals surface area contributed by atoms with Gasteiger partial charge in [0.25, 0.3) is 5.91 Å². The molecule has 1 fully saturated rings. The number of amides is 1. The second-order valence-corrected chi connectivity index (χ2v) is 7.43. The Morgan fingerprint density at radius 3 is 2.56 bits per heavy atom. The molecule has 1 aromatic rings. The Morgan fingerprint density at radius 2 is 2.11 bits per heavy atom. The number of anilines is 2. The zero-order valence-electron chi connectivity index (χ0n) is 9.89. The van der Waals surface area contributed by atoms with E-state index in [0.717, 1.165) is 24.2 Å². The first-order chi connectivity index (χ1) is 8.36. The molecule has 0 aromatic carbocycles. The van der Waals surface area contributed by atoms with Crippen LogP contribution in [0.3, 0.4) is 0 Å². The quantitative estimate of drug-likeness (QED) is 0.741. The van der Waals surface area contributed by atoms with Gasteiger partial charge in [-0.1, -0.05) is 6.92 Å². The van der Waals surface area contributed by atoms with Crippen LogP contribution in [0.2, 0.25) is 0 Å². The third-order valence-electron chi connectivity index (χ3n) is 2.73. The van der Waals surface area contributed by atoms with Gasteiger partial charge in [0.2, 0.25) is 0 Å². The number of nitrogens with one attached hydrogen (secondary N) is 1. The van der Waals surface area contributed by atoms with E-state index in [1.54, 1.807) is 0 Å². The number of nitrogens with two attached hydrogens (primary N) is 2. The minimum atomic E-state index is -3.47. The van der Waals surface area contributed by atoms with Crippen molar-refractivity contribution in [2.45, 2.75) is 30.7 Å². The highest BCUT2D eigenvalue weighted by Gasteiger charge is 2.31. The van der Waals surface area contributed by atoms with E-state index >= 15 is 0 Å². The summed E-state index contributed by atoms with van der Waals surface area (Å²) in [6.07, 6.45) is 1.99. The van der Waals surface area contributed by atoms with Crippen molar-refractivity contribution >= 4 is 37.8 Å². The molecule has 1 aliphatic carbocycles. The molecule has 0 radical (unpaired) electrons. The van der Waals surface area contributed by atoms with E-state index in [4.69, 9.17) is 11.5 Å². The van der Waals surface area contributed by atoms with Crippen molar-refractivity contribution in [3.05, 3.63) is 4.88 Å². The summed E-state index contributed by atoms with van der Waals surface area (Å²) in [6, 6.07) is 0.273. The Hall–Kier alpha value is -1.28. The lowest BCUT2D eigenvalue weighted by molar-refractivity contribution is 0.100. The minimum Gasteiger partial charge on any atom is -0.396 e. The Morgan fingerprint density at radius 1 is 1.50 bits per heavy atom. The molecule has 0 spiro atoms. The predicted octanol–water partition coefficient (Wildman–Crippen LogP) is 0.797. The van der Waals surface area contributed by atoms with Crippen molar-refractivity contribution in [1.82, 2.24) is 0 Å². The van der Waals surface area contributed by atoms with Crippen LogP contribution in [-0.2, 0) is 9.84 Å². The molecule has 1 saturated carbocycles. The van der Waals surface area contributed by atoms with Gasteiger partial charge in [0, 0.05) is 6.04 Å². The van der Waals surface area contributed by atoms with E-state index in [-0.39, 0.29) is 27.3 Å². The van der Waals surface area contributed by atoms with Crippen molar-refractivity contribution < 1.29 is 13.2 Å². The van der Waals surface area contributed by atoms with Gasteiger partial charge in [0.05, 0.1) is 11.4 Å². The second-order valence-electron chi connectivity index (χ2n) is 4.19. The lowest BCUT2D eigenvalue weighted by Gasteiger charge is -2.06. The molecule has 18 heavy (non-hydrogen) atoms. The molecule has 0 saturated heterocycles. The Labute approximate surface area is 109 Å². The highest BCUT2D eigenvalue weighted by molar-refractivity contribution is 7.91. The number of carbonyl (C=O) groups is 1. The van der Waals surface area contributed by atoms with Crippen LogP contribution in [0.4, 0.5) is 10.7 Å². The number of rotatable bonds is 5. The summed E-state index contributed by atoms with van der Waals surface area (Å²) in [5.74, 6) is -0.764. The fourth-order valence-electron chi connectivity index (χ4n) is 1.57. The van der Waals surface area contributed by atoms with Crippen LogP contribution < -0.4 is 16.8 Å². The van der Waals surface area contributed by atoms with Gasteiger partial charge in [-0.3, -0.25) is 4.79 Å². The highest BCUT2D eigenvalue weighted by Crippen LogP contribution is 2.41. The maximum Gasteiger partial charge on any atom is 0.261 e. The van der Waals surface area contributed by atoms with E-state index in [9.17, 15) is 13.2 Å². The van der Waals surface area contributed by atoms with Gasteiger partial charge in [-0.25, -0.2) is 8.42 Å². The molecule has 1 aromatic heterocycles. The standard InChI is InChI=1S/C10H15N3O3S2/c1-2-18(15,16)8-6(11)7(9(12)14)17-10(8)13-5-3-4-5/h5,13H,2-4,11H2,1H3,(H2,12,14). The molecule has 6 nitrogen and oxygen atoms in total.